The zero-order valence-corrected chi connectivity index (χ0v) is 23.8. The van der Waals surface area contributed by atoms with Crippen molar-refractivity contribution < 1.29 is 28.5 Å². The Morgan fingerprint density at radius 3 is 2.33 bits per heavy atom. The molecule has 0 fully saturated rings. The molecule has 0 saturated heterocycles. The van der Waals surface area contributed by atoms with Crippen molar-refractivity contribution in [2.75, 3.05) is 42.0 Å². The number of methoxy groups -OCH3 is 4. The lowest BCUT2D eigenvalue weighted by Gasteiger charge is -2.29. The Kier molecular flexibility index (Phi) is 9.16. The van der Waals surface area contributed by atoms with E-state index in [-0.39, 0.29) is 17.2 Å². The molecule has 1 unspecified atom stereocenters. The number of hydrogen-bond donors (Lipinski definition) is 1. The van der Waals surface area contributed by atoms with Gasteiger partial charge in [-0.2, -0.15) is 0 Å². The van der Waals surface area contributed by atoms with E-state index >= 15 is 0 Å². The molecular weight excluding hydrogens is 512 g/mol. The summed E-state index contributed by atoms with van der Waals surface area (Å²) in [6.45, 7) is 2.78. The lowest BCUT2D eigenvalue weighted by atomic mass is 9.95. The van der Waals surface area contributed by atoms with Crippen LogP contribution in [0.5, 0.6) is 28.7 Å². The molecule has 3 aromatic rings. The Morgan fingerprint density at radius 2 is 1.65 bits per heavy atom. The molecule has 1 amide bonds. The Balaban J connectivity index is 1.85. The van der Waals surface area contributed by atoms with E-state index in [0.29, 0.717) is 48.9 Å². The molecule has 0 saturated carbocycles. The van der Waals surface area contributed by atoms with Crippen molar-refractivity contribution >= 4 is 6.09 Å². The lowest BCUT2D eigenvalue weighted by Crippen LogP contribution is -2.28. The van der Waals surface area contributed by atoms with Crippen molar-refractivity contribution in [1.29, 1.82) is 0 Å². The highest BCUT2D eigenvalue weighted by molar-refractivity contribution is 5.82. The molecule has 0 heterocycles. The van der Waals surface area contributed by atoms with Crippen LogP contribution in [0.15, 0.2) is 53.3 Å². The summed E-state index contributed by atoms with van der Waals surface area (Å²) in [6.07, 6.45) is 0.903. The average Bonchev–Trinajstić information content (AvgIpc) is 3.20. The second kappa shape index (κ2) is 12.7. The van der Waals surface area contributed by atoms with E-state index in [1.807, 2.05) is 44.3 Å². The van der Waals surface area contributed by atoms with Crippen LogP contribution in [-0.2, 0) is 13.0 Å². The summed E-state index contributed by atoms with van der Waals surface area (Å²) in [5.74, 6) is 2.33. The number of hydrogen-bond acceptors (Lipinski definition) is 8. The highest BCUT2D eigenvalue weighted by atomic mass is 16.6. The lowest BCUT2D eigenvalue weighted by molar-refractivity contribution is 0.197. The molecule has 1 aliphatic carbocycles. The summed E-state index contributed by atoms with van der Waals surface area (Å²) >= 11 is 0. The van der Waals surface area contributed by atoms with Crippen LogP contribution in [-0.4, -0.2) is 53.0 Å². The van der Waals surface area contributed by atoms with Gasteiger partial charge in [0, 0.05) is 30.3 Å². The van der Waals surface area contributed by atoms with Crippen LogP contribution in [0.2, 0.25) is 0 Å². The third kappa shape index (κ3) is 5.70. The number of carbonyl (C=O) groups excluding carboxylic acids is 1. The van der Waals surface area contributed by atoms with Gasteiger partial charge in [-0.1, -0.05) is 24.3 Å². The summed E-state index contributed by atoms with van der Waals surface area (Å²) in [4.78, 5) is 27.5. The smallest absolute Gasteiger partial charge is 0.412 e. The quantitative estimate of drug-likeness (QED) is 0.400. The molecule has 0 bridgehead atoms. The summed E-state index contributed by atoms with van der Waals surface area (Å²) in [7, 11) is 8.25. The standard InChI is InChI=1S/C31H36N2O7/c1-7-32-31(35)40-25-11-9-8-10-20(25)18-33(2)23-14-12-19-16-27(37-4)29(38-5)30(39-6)28(19)21-13-15-26(36-3)24(34)17-22(21)23/h8-11,13,15-17,23H,7,12,14,18H2,1-6H3,(H,32,35). The number of ether oxygens (including phenoxy) is 5. The van der Waals surface area contributed by atoms with Crippen LogP contribution in [0.3, 0.4) is 0 Å². The van der Waals surface area contributed by atoms with Crippen LogP contribution in [0.4, 0.5) is 4.79 Å². The van der Waals surface area contributed by atoms with Crippen molar-refractivity contribution in [2.45, 2.75) is 32.4 Å². The van der Waals surface area contributed by atoms with Crippen LogP contribution >= 0.6 is 0 Å². The maximum Gasteiger partial charge on any atom is 0.412 e. The predicted octanol–water partition coefficient (Wildman–Crippen LogP) is 4.98. The molecule has 1 atom stereocenters. The maximum atomic E-state index is 13.2. The highest BCUT2D eigenvalue weighted by Crippen LogP contribution is 2.51. The van der Waals surface area contributed by atoms with Gasteiger partial charge in [-0.15, -0.1) is 0 Å². The van der Waals surface area contributed by atoms with Crippen molar-refractivity contribution in [2.24, 2.45) is 0 Å². The zero-order chi connectivity index (χ0) is 28.8. The van der Waals surface area contributed by atoms with E-state index in [0.717, 1.165) is 27.8 Å². The Labute approximate surface area is 234 Å². The first-order valence-corrected chi connectivity index (χ1v) is 13.1. The number of benzene rings is 2. The van der Waals surface area contributed by atoms with E-state index in [9.17, 15) is 9.59 Å². The van der Waals surface area contributed by atoms with E-state index in [1.165, 1.54) is 7.11 Å². The minimum absolute atomic E-state index is 0.161. The molecule has 1 aliphatic rings. The monoisotopic (exact) mass is 548 g/mol. The van der Waals surface area contributed by atoms with Gasteiger partial charge >= 0.3 is 6.09 Å². The minimum atomic E-state index is -0.502. The normalized spacial score (nSPS) is 13.9. The molecule has 0 spiro atoms. The van der Waals surface area contributed by atoms with Crippen LogP contribution in [0, 0.1) is 0 Å². The molecule has 3 aromatic carbocycles. The Hall–Kier alpha value is -4.24. The SMILES string of the molecule is CCNC(=O)Oc1ccccc1CN(C)C1CCc2cc(OC)c(OC)c(OC)c2-c2ccc(OC)c(=O)cc21. The number of para-hydroxylation sites is 1. The number of rotatable bonds is 9. The summed E-state index contributed by atoms with van der Waals surface area (Å²) in [6, 6.07) is 14.5. The Bertz CT molecular complexity index is 1440. The van der Waals surface area contributed by atoms with Crippen molar-refractivity contribution in [3.05, 3.63) is 75.4 Å². The van der Waals surface area contributed by atoms with Gasteiger partial charge in [-0.3, -0.25) is 9.69 Å². The van der Waals surface area contributed by atoms with Gasteiger partial charge in [0.2, 0.25) is 11.2 Å². The number of amides is 1. The minimum Gasteiger partial charge on any atom is -0.493 e. The molecule has 9 nitrogen and oxygen atoms in total. The fraction of sp³-hybridized carbons (Fsp3) is 0.355. The maximum absolute atomic E-state index is 13.2. The van der Waals surface area contributed by atoms with Gasteiger partial charge in [0.1, 0.15) is 5.75 Å². The van der Waals surface area contributed by atoms with E-state index < -0.39 is 6.09 Å². The van der Waals surface area contributed by atoms with Crippen LogP contribution in [0.25, 0.3) is 11.1 Å². The van der Waals surface area contributed by atoms with Gasteiger partial charge in [-0.05, 0) is 67.8 Å². The van der Waals surface area contributed by atoms with Crippen LogP contribution in [0.1, 0.15) is 36.1 Å². The largest absolute Gasteiger partial charge is 0.493 e. The molecular formula is C31H36N2O7. The van der Waals surface area contributed by atoms with Crippen molar-refractivity contribution in [3.63, 3.8) is 0 Å². The van der Waals surface area contributed by atoms with Crippen molar-refractivity contribution in [1.82, 2.24) is 10.2 Å². The predicted molar refractivity (Wildman–Crippen MR) is 153 cm³/mol. The van der Waals surface area contributed by atoms with Gasteiger partial charge in [0.05, 0.1) is 28.4 Å². The third-order valence-electron chi connectivity index (χ3n) is 7.14. The molecule has 0 radical (unpaired) electrons. The number of carbonyl (C=O) groups is 1. The fourth-order valence-electron chi connectivity index (χ4n) is 5.30. The molecule has 212 valence electrons. The van der Waals surface area contributed by atoms with Gasteiger partial charge < -0.3 is 29.0 Å². The second-order valence-corrected chi connectivity index (χ2v) is 9.46. The van der Waals surface area contributed by atoms with Gasteiger partial charge in [-0.25, -0.2) is 4.79 Å². The topological polar surface area (TPSA) is 95.6 Å². The first-order chi connectivity index (χ1) is 19.4. The number of nitrogens with one attached hydrogen (secondary N) is 1. The number of nitrogens with zero attached hydrogens (tertiary/aromatic N) is 1. The van der Waals surface area contributed by atoms with E-state index in [1.54, 1.807) is 39.5 Å². The van der Waals surface area contributed by atoms with Crippen LogP contribution < -0.4 is 34.4 Å². The zero-order valence-electron chi connectivity index (χ0n) is 23.8. The number of aryl methyl sites for hydroxylation is 1. The molecule has 0 aromatic heterocycles. The molecule has 1 N–H and O–H groups in total. The molecule has 0 aliphatic heterocycles. The third-order valence-corrected chi connectivity index (χ3v) is 7.14. The molecule has 40 heavy (non-hydrogen) atoms. The van der Waals surface area contributed by atoms with Gasteiger partial charge in [0.15, 0.2) is 17.2 Å². The van der Waals surface area contributed by atoms with E-state index in [4.69, 9.17) is 23.7 Å². The summed E-state index contributed by atoms with van der Waals surface area (Å²) in [5.41, 5.74) is 4.18. The van der Waals surface area contributed by atoms with E-state index in [2.05, 4.69) is 10.2 Å². The summed E-state index contributed by atoms with van der Waals surface area (Å²) in [5, 5.41) is 2.67. The second-order valence-electron chi connectivity index (χ2n) is 9.46. The average molecular weight is 549 g/mol. The first kappa shape index (κ1) is 28.8. The van der Waals surface area contributed by atoms with Gasteiger partial charge in [0.25, 0.3) is 0 Å². The molecule has 9 heteroatoms. The fourth-order valence-corrected chi connectivity index (χ4v) is 5.30. The highest BCUT2D eigenvalue weighted by Gasteiger charge is 2.31. The summed E-state index contributed by atoms with van der Waals surface area (Å²) < 4.78 is 28.2. The molecule has 4 rings (SSSR count). The number of fused-ring (bicyclic) bond motifs is 3. The van der Waals surface area contributed by atoms with Crippen molar-refractivity contribution in [3.8, 4) is 39.9 Å². The first-order valence-electron chi connectivity index (χ1n) is 13.1. The Morgan fingerprint density at radius 1 is 0.925 bits per heavy atom.